The minimum atomic E-state index is -3.98. The highest BCUT2D eigenvalue weighted by Crippen LogP contribution is 2.25. The molecule has 32 heavy (non-hydrogen) atoms. The van der Waals surface area contributed by atoms with E-state index >= 15 is 0 Å². The molecular weight excluding hydrogens is 484 g/mol. The van der Waals surface area contributed by atoms with E-state index in [9.17, 15) is 28.1 Å². The predicted molar refractivity (Wildman–Crippen MR) is 116 cm³/mol. The van der Waals surface area contributed by atoms with Gasteiger partial charge in [-0.2, -0.15) is 4.99 Å². The fourth-order valence-corrected chi connectivity index (χ4v) is 4.70. The number of halogens is 1. The number of nitro benzene ring substituents is 1. The van der Waals surface area contributed by atoms with Gasteiger partial charge in [-0.25, -0.2) is 13.6 Å². The number of amides is 1. The van der Waals surface area contributed by atoms with Gasteiger partial charge in [-0.05, 0) is 30.3 Å². The summed E-state index contributed by atoms with van der Waals surface area (Å²) >= 11 is 6.84. The van der Waals surface area contributed by atoms with Crippen molar-refractivity contribution >= 4 is 60.7 Å². The fourth-order valence-electron chi connectivity index (χ4n) is 2.82. The van der Waals surface area contributed by atoms with E-state index in [1.54, 1.807) is 0 Å². The Morgan fingerprint density at radius 3 is 2.62 bits per heavy atom. The molecule has 0 saturated carbocycles. The maximum absolute atomic E-state index is 12.8. The zero-order valence-electron chi connectivity index (χ0n) is 16.3. The lowest BCUT2D eigenvalue weighted by Gasteiger charge is -2.05. The van der Waals surface area contributed by atoms with Crippen molar-refractivity contribution in [2.24, 2.45) is 10.1 Å². The summed E-state index contributed by atoms with van der Waals surface area (Å²) in [6, 6.07) is 7.58. The summed E-state index contributed by atoms with van der Waals surface area (Å²) in [5, 5.41) is 16.6. The molecule has 1 heterocycles. The average molecular weight is 499 g/mol. The highest BCUT2D eigenvalue weighted by atomic mass is 35.5. The number of ether oxygens (including phenoxy) is 1. The summed E-state index contributed by atoms with van der Waals surface area (Å²) < 4.78 is 29.9. The standard InChI is InChI=1S/C18H15ClN4O7S2/c1-30-16(24)6-7-22-14-5-3-11(32(20,28)29)9-15(14)31-18(22)21-17(25)12-8-10(19)2-4-13(12)23(26)27/h2-5,8-9H,6-7H2,1H3,(H2,20,28,29). The molecule has 0 radical (unpaired) electrons. The van der Waals surface area contributed by atoms with Crippen molar-refractivity contribution < 1.29 is 27.7 Å². The molecule has 14 heteroatoms. The van der Waals surface area contributed by atoms with Gasteiger partial charge < -0.3 is 9.30 Å². The van der Waals surface area contributed by atoms with Gasteiger partial charge in [0.1, 0.15) is 5.56 Å². The minimum Gasteiger partial charge on any atom is -0.469 e. The Bertz CT molecular complexity index is 1430. The molecule has 3 aromatic rings. The van der Waals surface area contributed by atoms with Crippen LogP contribution in [0.5, 0.6) is 0 Å². The number of fused-ring (bicyclic) bond motifs is 1. The second-order valence-corrected chi connectivity index (χ2v) is 9.38. The second kappa shape index (κ2) is 9.16. The van der Waals surface area contributed by atoms with Crippen LogP contribution in [0.2, 0.25) is 5.02 Å². The molecule has 2 N–H and O–H groups in total. The van der Waals surface area contributed by atoms with Gasteiger partial charge in [0.2, 0.25) is 10.0 Å². The summed E-state index contributed by atoms with van der Waals surface area (Å²) in [6.45, 7) is 0.0607. The monoisotopic (exact) mass is 498 g/mol. The molecule has 0 unspecified atom stereocenters. The first-order valence-electron chi connectivity index (χ1n) is 8.77. The van der Waals surface area contributed by atoms with Gasteiger partial charge in [0.15, 0.2) is 4.80 Å². The van der Waals surface area contributed by atoms with Gasteiger partial charge in [0, 0.05) is 17.6 Å². The van der Waals surface area contributed by atoms with Crippen molar-refractivity contribution in [2.45, 2.75) is 17.9 Å². The van der Waals surface area contributed by atoms with Crippen molar-refractivity contribution in [2.75, 3.05) is 7.11 Å². The third-order valence-electron chi connectivity index (χ3n) is 4.33. The Hall–Kier alpha value is -3.13. The van der Waals surface area contributed by atoms with Crippen LogP contribution in [0.15, 0.2) is 46.3 Å². The Morgan fingerprint density at radius 1 is 1.28 bits per heavy atom. The van der Waals surface area contributed by atoms with Crippen LogP contribution in [-0.4, -0.2) is 36.9 Å². The largest absolute Gasteiger partial charge is 0.469 e. The van der Waals surface area contributed by atoms with Crippen molar-refractivity contribution in [3.8, 4) is 0 Å². The molecule has 11 nitrogen and oxygen atoms in total. The number of nitrogens with two attached hydrogens (primary N) is 1. The Labute approximate surface area is 189 Å². The molecule has 0 saturated heterocycles. The molecule has 0 fully saturated rings. The maximum atomic E-state index is 12.8. The zero-order valence-corrected chi connectivity index (χ0v) is 18.7. The van der Waals surface area contributed by atoms with Crippen LogP contribution in [0.4, 0.5) is 5.69 Å². The number of thiazole rings is 1. The van der Waals surface area contributed by atoms with Gasteiger partial charge >= 0.3 is 5.97 Å². The number of esters is 1. The van der Waals surface area contributed by atoms with Gasteiger partial charge in [0.25, 0.3) is 11.6 Å². The van der Waals surface area contributed by atoms with Crippen molar-refractivity contribution in [3.63, 3.8) is 0 Å². The van der Waals surface area contributed by atoms with Crippen LogP contribution in [0.25, 0.3) is 10.2 Å². The number of carbonyl (C=O) groups excluding carboxylic acids is 2. The number of benzene rings is 2. The van der Waals surface area contributed by atoms with Crippen LogP contribution in [0.1, 0.15) is 16.8 Å². The molecule has 1 aromatic heterocycles. The second-order valence-electron chi connectivity index (χ2n) is 6.37. The number of sulfonamides is 1. The summed E-state index contributed by atoms with van der Waals surface area (Å²) in [6.07, 6.45) is -0.0576. The number of aryl methyl sites for hydroxylation is 1. The molecule has 0 aliphatic rings. The summed E-state index contributed by atoms with van der Waals surface area (Å²) in [4.78, 5) is 38.9. The number of methoxy groups -OCH3 is 1. The molecule has 0 aliphatic heterocycles. The number of aromatic nitrogens is 1. The number of rotatable bonds is 6. The van der Waals surface area contributed by atoms with Crippen LogP contribution in [-0.2, 0) is 26.1 Å². The van der Waals surface area contributed by atoms with E-state index in [1.807, 2.05) is 0 Å². The van der Waals surface area contributed by atoms with E-state index in [4.69, 9.17) is 16.7 Å². The van der Waals surface area contributed by atoms with Crippen molar-refractivity contribution in [1.29, 1.82) is 0 Å². The lowest BCUT2D eigenvalue weighted by atomic mass is 10.2. The number of nitrogens with zero attached hydrogens (tertiary/aromatic N) is 3. The van der Waals surface area contributed by atoms with Crippen LogP contribution in [0.3, 0.4) is 0 Å². The van der Waals surface area contributed by atoms with Gasteiger partial charge in [-0.1, -0.05) is 22.9 Å². The summed E-state index contributed by atoms with van der Waals surface area (Å²) in [5.41, 5.74) is -0.301. The number of nitro groups is 1. The van der Waals surface area contributed by atoms with E-state index in [0.29, 0.717) is 10.2 Å². The van der Waals surface area contributed by atoms with Gasteiger partial charge in [-0.3, -0.25) is 19.7 Å². The Balaban J connectivity index is 2.20. The van der Waals surface area contributed by atoms with E-state index in [1.165, 1.54) is 35.9 Å². The topological polar surface area (TPSA) is 164 Å². The average Bonchev–Trinajstić information content (AvgIpc) is 3.07. The lowest BCUT2D eigenvalue weighted by molar-refractivity contribution is -0.385. The number of hydrogen-bond acceptors (Lipinski definition) is 8. The molecular formula is C18H15ClN4O7S2. The number of carbonyl (C=O) groups is 2. The van der Waals surface area contributed by atoms with Crippen molar-refractivity contribution in [1.82, 2.24) is 4.57 Å². The molecule has 3 rings (SSSR count). The maximum Gasteiger partial charge on any atom is 0.307 e. The highest BCUT2D eigenvalue weighted by molar-refractivity contribution is 7.89. The van der Waals surface area contributed by atoms with Crippen LogP contribution in [0, 0.1) is 10.1 Å². The first-order chi connectivity index (χ1) is 15.0. The molecule has 0 aliphatic carbocycles. The van der Waals surface area contributed by atoms with E-state index in [0.717, 1.165) is 23.5 Å². The Morgan fingerprint density at radius 2 is 2.00 bits per heavy atom. The fraction of sp³-hybridized carbons (Fsp3) is 0.167. The SMILES string of the molecule is COC(=O)CCn1c(=NC(=O)c2cc(Cl)ccc2[N+](=O)[O-])sc2cc(S(N)(=O)=O)ccc21. The van der Waals surface area contributed by atoms with Crippen LogP contribution < -0.4 is 9.94 Å². The molecule has 2 aromatic carbocycles. The smallest absolute Gasteiger partial charge is 0.307 e. The number of primary sulfonamides is 1. The molecule has 0 atom stereocenters. The molecule has 168 valence electrons. The lowest BCUT2D eigenvalue weighted by Crippen LogP contribution is -2.19. The Kier molecular flexibility index (Phi) is 6.74. The van der Waals surface area contributed by atoms with Gasteiger partial charge in [-0.15, -0.1) is 0 Å². The third kappa shape index (κ3) is 5.02. The first-order valence-corrected chi connectivity index (χ1v) is 11.5. The number of hydrogen-bond donors (Lipinski definition) is 1. The zero-order chi connectivity index (χ0) is 23.6. The van der Waals surface area contributed by atoms with Crippen molar-refractivity contribution in [3.05, 3.63) is 61.9 Å². The van der Waals surface area contributed by atoms with E-state index in [2.05, 4.69) is 9.73 Å². The normalized spacial score (nSPS) is 12.2. The third-order valence-corrected chi connectivity index (χ3v) is 6.52. The summed E-state index contributed by atoms with van der Waals surface area (Å²) in [7, 11) is -2.75. The molecule has 1 amide bonds. The molecule has 0 bridgehead atoms. The van der Waals surface area contributed by atoms with E-state index in [-0.39, 0.29) is 33.2 Å². The quantitative estimate of drug-likeness (QED) is 0.309. The summed E-state index contributed by atoms with van der Waals surface area (Å²) in [5.74, 6) is -1.44. The van der Waals surface area contributed by atoms with Crippen LogP contribution >= 0.6 is 22.9 Å². The predicted octanol–water partition coefficient (Wildman–Crippen LogP) is 2.22. The highest BCUT2D eigenvalue weighted by Gasteiger charge is 2.21. The molecule has 0 spiro atoms. The van der Waals surface area contributed by atoms with Gasteiger partial charge in [0.05, 0.1) is 33.6 Å². The van der Waals surface area contributed by atoms with E-state index < -0.39 is 32.5 Å². The minimum absolute atomic E-state index is 0.0576. The first kappa shape index (κ1) is 23.5.